The van der Waals surface area contributed by atoms with Gasteiger partial charge < -0.3 is 5.11 Å². The second-order valence-electron chi connectivity index (χ2n) is 4.37. The van der Waals surface area contributed by atoms with Crippen molar-refractivity contribution in [3.63, 3.8) is 0 Å². The number of hydrogen-bond donors (Lipinski definition) is 2. The minimum absolute atomic E-state index is 0.0478. The van der Waals surface area contributed by atoms with Gasteiger partial charge in [-0.3, -0.25) is 0 Å². The van der Waals surface area contributed by atoms with Crippen molar-refractivity contribution < 1.29 is 26.7 Å². The third-order valence-corrected chi connectivity index (χ3v) is 7.48. The summed E-state index contributed by atoms with van der Waals surface area (Å²) in [4.78, 5) is 14.4. The van der Waals surface area contributed by atoms with E-state index in [4.69, 9.17) is 5.11 Å². The molecule has 1 saturated heterocycles. The van der Waals surface area contributed by atoms with Crippen molar-refractivity contribution in [2.45, 2.75) is 23.1 Å². The van der Waals surface area contributed by atoms with E-state index < -0.39 is 41.8 Å². The second-order valence-corrected chi connectivity index (χ2v) is 9.36. The van der Waals surface area contributed by atoms with Gasteiger partial charge in [0.05, 0.1) is 17.0 Å². The molecule has 1 unspecified atom stereocenters. The van der Waals surface area contributed by atoms with Crippen LogP contribution < -0.4 is 4.72 Å². The van der Waals surface area contributed by atoms with Gasteiger partial charge in [-0.2, -0.15) is 0 Å². The Bertz CT molecular complexity index is 721. The Balaban J connectivity index is 2.23. The Morgan fingerprint density at radius 3 is 2.80 bits per heavy atom. The van der Waals surface area contributed by atoms with E-state index in [0.717, 1.165) is 5.51 Å². The molecule has 20 heavy (non-hydrogen) atoms. The van der Waals surface area contributed by atoms with Crippen molar-refractivity contribution in [3.05, 3.63) is 11.2 Å². The maximum absolute atomic E-state index is 12.1. The van der Waals surface area contributed by atoms with E-state index in [1.165, 1.54) is 0 Å². The van der Waals surface area contributed by atoms with Gasteiger partial charge in [0.15, 0.2) is 19.7 Å². The lowest BCUT2D eigenvalue weighted by Crippen LogP contribution is -2.43. The quantitative estimate of drug-likeness (QED) is 0.769. The number of thiazole rings is 1. The fraction of sp³-hybridized carbons (Fsp3) is 0.556. The highest BCUT2D eigenvalue weighted by Gasteiger charge is 2.32. The summed E-state index contributed by atoms with van der Waals surface area (Å²) in [5.74, 6) is -1.66. The van der Waals surface area contributed by atoms with E-state index in [1.807, 2.05) is 0 Å². The Morgan fingerprint density at radius 2 is 2.20 bits per heavy atom. The van der Waals surface area contributed by atoms with Crippen LogP contribution in [0.3, 0.4) is 0 Å². The van der Waals surface area contributed by atoms with Crippen LogP contribution in [0.2, 0.25) is 0 Å². The van der Waals surface area contributed by atoms with Crippen LogP contribution in [0.5, 0.6) is 0 Å². The number of carbonyl (C=O) groups is 1. The van der Waals surface area contributed by atoms with Crippen LogP contribution in [0.4, 0.5) is 0 Å². The predicted octanol–water partition coefficient (Wildman–Crippen LogP) is -0.303. The first-order valence-electron chi connectivity index (χ1n) is 5.61. The molecule has 1 aliphatic rings. The van der Waals surface area contributed by atoms with E-state index >= 15 is 0 Å². The van der Waals surface area contributed by atoms with Crippen LogP contribution in [0.25, 0.3) is 0 Å². The van der Waals surface area contributed by atoms with Crippen LogP contribution >= 0.6 is 11.3 Å². The normalized spacial score (nSPS) is 22.5. The second kappa shape index (κ2) is 5.39. The van der Waals surface area contributed by atoms with Crippen molar-refractivity contribution >= 4 is 37.2 Å². The van der Waals surface area contributed by atoms with Crippen LogP contribution in [0.15, 0.2) is 9.72 Å². The van der Waals surface area contributed by atoms with Crippen molar-refractivity contribution in [2.24, 2.45) is 0 Å². The van der Waals surface area contributed by atoms with Crippen LogP contribution in [-0.4, -0.2) is 50.4 Å². The number of nitrogens with one attached hydrogen (secondary N) is 1. The van der Waals surface area contributed by atoms with E-state index in [2.05, 4.69) is 9.71 Å². The zero-order valence-corrected chi connectivity index (χ0v) is 12.6. The number of rotatable bonds is 4. The average molecular weight is 340 g/mol. The molecular weight excluding hydrogens is 328 g/mol. The number of carboxylic acid groups (broad SMARTS) is 1. The standard InChI is InChI=1S/C9H12N2O6S3/c12-8(13)7-9(18-5-10-7)20(16,17)11-6-2-1-3-19(14,15)4-6/h5-6,11H,1-4H2,(H,12,13). The van der Waals surface area contributed by atoms with Crippen molar-refractivity contribution in [2.75, 3.05) is 11.5 Å². The molecule has 2 rings (SSSR count). The molecule has 11 heteroatoms. The summed E-state index contributed by atoms with van der Waals surface area (Å²) in [6.45, 7) is 0. The molecule has 8 nitrogen and oxygen atoms in total. The van der Waals surface area contributed by atoms with Gasteiger partial charge in [-0.25, -0.2) is 31.3 Å². The van der Waals surface area contributed by atoms with Gasteiger partial charge in [0.25, 0.3) is 10.0 Å². The Hall–Kier alpha value is -1.04. The Kier molecular flexibility index (Phi) is 4.14. The number of sulfonamides is 1. The highest BCUT2D eigenvalue weighted by atomic mass is 32.2. The molecule has 1 aromatic heterocycles. The molecule has 0 spiro atoms. The SMILES string of the molecule is O=C(O)c1ncsc1S(=O)(=O)NC1CCCS(=O)(=O)C1. The summed E-state index contributed by atoms with van der Waals surface area (Å²) >= 11 is 0.681. The van der Waals surface area contributed by atoms with E-state index in [1.54, 1.807) is 0 Å². The lowest BCUT2D eigenvalue weighted by Gasteiger charge is -2.22. The number of sulfone groups is 1. The van der Waals surface area contributed by atoms with E-state index in [-0.39, 0.29) is 11.5 Å². The molecule has 0 aliphatic carbocycles. The smallest absolute Gasteiger partial charge is 0.356 e. The number of carboxylic acids is 1. The zero-order chi connectivity index (χ0) is 15.0. The summed E-state index contributed by atoms with van der Waals surface area (Å²) in [6.07, 6.45) is 0.781. The first-order chi connectivity index (χ1) is 9.21. The predicted molar refractivity (Wildman–Crippen MR) is 71.1 cm³/mol. The summed E-state index contributed by atoms with van der Waals surface area (Å²) in [7, 11) is -7.34. The highest BCUT2D eigenvalue weighted by Crippen LogP contribution is 2.22. The van der Waals surface area contributed by atoms with Gasteiger partial charge in [0.2, 0.25) is 0 Å². The fourth-order valence-electron chi connectivity index (χ4n) is 1.96. The first-order valence-corrected chi connectivity index (χ1v) is 9.79. The molecule has 2 heterocycles. The van der Waals surface area contributed by atoms with Crippen molar-refractivity contribution in [3.8, 4) is 0 Å². The number of aromatic nitrogens is 1. The molecule has 1 aliphatic heterocycles. The molecule has 0 aromatic carbocycles. The van der Waals surface area contributed by atoms with Gasteiger partial charge >= 0.3 is 5.97 Å². The van der Waals surface area contributed by atoms with Crippen molar-refractivity contribution in [1.29, 1.82) is 0 Å². The Labute approximate surface area is 119 Å². The lowest BCUT2D eigenvalue weighted by atomic mass is 10.2. The molecule has 0 saturated carbocycles. The Morgan fingerprint density at radius 1 is 1.50 bits per heavy atom. The minimum Gasteiger partial charge on any atom is -0.476 e. The van der Waals surface area contributed by atoms with Crippen molar-refractivity contribution in [1.82, 2.24) is 9.71 Å². The third kappa shape index (κ3) is 3.34. The zero-order valence-electron chi connectivity index (χ0n) is 10.1. The summed E-state index contributed by atoms with van der Waals surface area (Å²) in [6, 6.07) is -0.734. The topological polar surface area (TPSA) is 130 Å². The minimum atomic E-state index is -4.08. The first kappa shape index (κ1) is 15.4. The molecule has 2 N–H and O–H groups in total. The van der Waals surface area contributed by atoms with E-state index in [9.17, 15) is 21.6 Å². The highest BCUT2D eigenvalue weighted by molar-refractivity contribution is 7.92. The number of aromatic carboxylic acids is 1. The molecule has 1 aromatic rings. The number of hydrogen-bond acceptors (Lipinski definition) is 7. The summed E-state index contributed by atoms with van der Waals surface area (Å²) in [5.41, 5.74) is 0.566. The van der Waals surface area contributed by atoms with Gasteiger partial charge in [-0.1, -0.05) is 0 Å². The fourth-order valence-corrected chi connectivity index (χ4v) is 6.13. The maximum atomic E-state index is 12.1. The summed E-state index contributed by atoms with van der Waals surface area (Å²) in [5, 5.41) is 8.86. The molecule has 0 amide bonds. The van der Waals surface area contributed by atoms with Crippen LogP contribution in [0.1, 0.15) is 23.3 Å². The average Bonchev–Trinajstić information content (AvgIpc) is 2.76. The molecule has 1 fully saturated rings. The largest absolute Gasteiger partial charge is 0.476 e. The van der Waals surface area contributed by atoms with Gasteiger partial charge in [-0.05, 0) is 12.8 Å². The molecule has 0 radical (unpaired) electrons. The van der Waals surface area contributed by atoms with E-state index in [0.29, 0.717) is 24.2 Å². The van der Waals surface area contributed by atoms with Gasteiger partial charge in [0, 0.05) is 6.04 Å². The van der Waals surface area contributed by atoms with Crippen LogP contribution in [-0.2, 0) is 19.9 Å². The summed E-state index contributed by atoms with van der Waals surface area (Å²) < 4.78 is 49.0. The molecule has 1 atom stereocenters. The third-order valence-electron chi connectivity index (χ3n) is 2.77. The number of nitrogens with zero attached hydrogens (tertiary/aromatic N) is 1. The monoisotopic (exact) mass is 340 g/mol. The maximum Gasteiger partial charge on any atom is 0.356 e. The lowest BCUT2D eigenvalue weighted by molar-refractivity contribution is 0.0687. The molecule has 112 valence electrons. The molecule has 0 bridgehead atoms. The molecular formula is C9H12N2O6S3. The van der Waals surface area contributed by atoms with Crippen LogP contribution in [0, 0.1) is 0 Å². The van der Waals surface area contributed by atoms with Gasteiger partial charge in [-0.15, -0.1) is 11.3 Å². The van der Waals surface area contributed by atoms with Gasteiger partial charge in [0.1, 0.15) is 0 Å².